The predicted molar refractivity (Wildman–Crippen MR) is 130 cm³/mol. The first kappa shape index (κ1) is 22.9. The molecule has 1 aliphatic rings. The number of rotatable bonds is 6. The van der Waals surface area contributed by atoms with Crippen molar-refractivity contribution < 1.29 is 9.59 Å². The molecular formula is C23H28N6O3S. The number of aromatic nitrogens is 3. The predicted octanol–water partition coefficient (Wildman–Crippen LogP) is 2.32. The monoisotopic (exact) mass is 468 g/mol. The molecule has 4 rings (SSSR count). The van der Waals surface area contributed by atoms with Gasteiger partial charge in [-0.2, -0.15) is 4.98 Å². The molecule has 0 radical (unpaired) electrons. The molecule has 10 heteroatoms. The van der Waals surface area contributed by atoms with Gasteiger partial charge in [0.25, 0.3) is 5.56 Å². The highest BCUT2D eigenvalue weighted by molar-refractivity contribution is 7.22. The molecule has 1 fully saturated rings. The zero-order chi connectivity index (χ0) is 23.5. The summed E-state index contributed by atoms with van der Waals surface area (Å²) < 4.78 is 1.72. The number of anilines is 2. The van der Waals surface area contributed by atoms with Gasteiger partial charge in [-0.3, -0.25) is 19.0 Å². The molecule has 3 heterocycles. The zero-order valence-corrected chi connectivity index (χ0v) is 19.9. The summed E-state index contributed by atoms with van der Waals surface area (Å²) >= 11 is 1.26. The van der Waals surface area contributed by atoms with Crippen molar-refractivity contribution in [3.8, 4) is 0 Å². The Morgan fingerprint density at radius 1 is 1.30 bits per heavy atom. The highest BCUT2D eigenvalue weighted by Gasteiger charge is 2.27. The molecule has 1 aliphatic heterocycles. The van der Waals surface area contributed by atoms with Gasteiger partial charge in [-0.25, -0.2) is 4.98 Å². The van der Waals surface area contributed by atoms with Gasteiger partial charge in [-0.15, -0.1) is 0 Å². The van der Waals surface area contributed by atoms with Crippen LogP contribution in [0.3, 0.4) is 0 Å². The summed E-state index contributed by atoms with van der Waals surface area (Å²) in [6.07, 6.45) is 3.88. The number of nitrogens with zero attached hydrogens (tertiary/aromatic N) is 4. The van der Waals surface area contributed by atoms with Crippen LogP contribution in [0.1, 0.15) is 30.9 Å². The molecule has 0 aliphatic carbocycles. The number of aryl methyl sites for hydroxylation is 2. The van der Waals surface area contributed by atoms with Crippen LogP contribution in [0.5, 0.6) is 0 Å². The molecule has 1 saturated heterocycles. The van der Waals surface area contributed by atoms with Crippen LogP contribution in [-0.2, 0) is 22.6 Å². The van der Waals surface area contributed by atoms with Gasteiger partial charge in [0.2, 0.25) is 11.8 Å². The van der Waals surface area contributed by atoms with E-state index in [0.717, 1.165) is 42.6 Å². The quantitative estimate of drug-likeness (QED) is 0.575. The minimum Gasteiger partial charge on any atom is -0.359 e. The van der Waals surface area contributed by atoms with Crippen LogP contribution >= 0.6 is 11.3 Å². The second-order valence-electron chi connectivity index (χ2n) is 8.24. The van der Waals surface area contributed by atoms with Gasteiger partial charge in [0.15, 0.2) is 10.8 Å². The Kier molecular flexibility index (Phi) is 6.73. The second kappa shape index (κ2) is 9.70. The van der Waals surface area contributed by atoms with Crippen LogP contribution in [0.25, 0.3) is 10.3 Å². The van der Waals surface area contributed by atoms with E-state index in [9.17, 15) is 14.4 Å². The minimum atomic E-state index is -0.292. The van der Waals surface area contributed by atoms with Gasteiger partial charge in [-0.1, -0.05) is 36.5 Å². The van der Waals surface area contributed by atoms with E-state index in [1.807, 2.05) is 36.9 Å². The van der Waals surface area contributed by atoms with Gasteiger partial charge in [0, 0.05) is 25.8 Å². The van der Waals surface area contributed by atoms with Gasteiger partial charge in [0.1, 0.15) is 17.6 Å². The van der Waals surface area contributed by atoms with E-state index in [1.54, 1.807) is 7.05 Å². The number of piperidine rings is 1. The Morgan fingerprint density at radius 3 is 2.88 bits per heavy atom. The van der Waals surface area contributed by atoms with Crippen molar-refractivity contribution in [2.45, 2.75) is 39.7 Å². The van der Waals surface area contributed by atoms with Crippen molar-refractivity contribution in [1.82, 2.24) is 19.9 Å². The number of thiazole rings is 1. The molecule has 1 unspecified atom stereocenters. The molecule has 0 saturated carbocycles. The lowest BCUT2D eigenvalue weighted by Crippen LogP contribution is -2.42. The van der Waals surface area contributed by atoms with Gasteiger partial charge in [0.05, 0.1) is 5.92 Å². The van der Waals surface area contributed by atoms with Crippen molar-refractivity contribution in [2.24, 2.45) is 5.92 Å². The highest BCUT2D eigenvalue weighted by Crippen LogP contribution is 2.29. The molecule has 1 aromatic carbocycles. The molecule has 9 nitrogen and oxygen atoms in total. The fourth-order valence-corrected chi connectivity index (χ4v) is 5.19. The summed E-state index contributed by atoms with van der Waals surface area (Å²) in [4.78, 5) is 48.7. The number of hydrogen-bond donors (Lipinski definition) is 2. The molecular weight excluding hydrogens is 440 g/mol. The number of para-hydroxylation sites is 1. The molecule has 2 amide bonds. The zero-order valence-electron chi connectivity index (χ0n) is 19.1. The first-order chi connectivity index (χ1) is 15.9. The summed E-state index contributed by atoms with van der Waals surface area (Å²) in [5.41, 5.74) is 2.90. The maximum absolute atomic E-state index is 13.1. The van der Waals surface area contributed by atoms with Gasteiger partial charge >= 0.3 is 0 Å². The maximum Gasteiger partial charge on any atom is 0.273 e. The summed E-state index contributed by atoms with van der Waals surface area (Å²) in [7, 11) is 1.64. The maximum atomic E-state index is 13.1. The molecule has 0 bridgehead atoms. The number of fused-ring (bicyclic) bond motifs is 1. The van der Waals surface area contributed by atoms with Crippen molar-refractivity contribution >= 4 is 44.3 Å². The standard InChI is InChI=1S/C23H28N6O3S/c1-4-15-8-5-7-14(2)18(15)26-17(30)12-29-13-25-20-19(22(29)32)33-23(27-20)28-10-6-9-16(11-28)21(31)24-3/h5,7-8,13,16H,4,6,9-12H2,1-3H3,(H,24,31)(H,26,30). The summed E-state index contributed by atoms with van der Waals surface area (Å²) in [6, 6.07) is 5.89. The molecule has 3 aromatic rings. The Hall–Kier alpha value is -3.27. The van der Waals surface area contributed by atoms with E-state index in [2.05, 4.69) is 20.6 Å². The van der Waals surface area contributed by atoms with Crippen LogP contribution in [0.4, 0.5) is 10.8 Å². The van der Waals surface area contributed by atoms with Crippen LogP contribution in [0.2, 0.25) is 0 Å². The molecule has 174 valence electrons. The second-order valence-corrected chi connectivity index (χ2v) is 9.21. The third-order valence-electron chi connectivity index (χ3n) is 6.00. The number of benzene rings is 1. The van der Waals surface area contributed by atoms with E-state index in [-0.39, 0.29) is 29.8 Å². The van der Waals surface area contributed by atoms with E-state index < -0.39 is 0 Å². The molecule has 1 atom stereocenters. The summed E-state index contributed by atoms with van der Waals surface area (Å²) in [6.45, 7) is 5.19. The molecule has 33 heavy (non-hydrogen) atoms. The highest BCUT2D eigenvalue weighted by atomic mass is 32.1. The first-order valence-corrected chi connectivity index (χ1v) is 11.9. The van der Waals surface area contributed by atoms with Crippen LogP contribution < -0.4 is 21.1 Å². The van der Waals surface area contributed by atoms with Crippen LogP contribution in [0.15, 0.2) is 29.3 Å². The van der Waals surface area contributed by atoms with Crippen LogP contribution in [-0.4, -0.2) is 46.5 Å². The number of nitrogens with one attached hydrogen (secondary N) is 2. The van der Waals surface area contributed by atoms with E-state index in [4.69, 9.17) is 0 Å². The van der Waals surface area contributed by atoms with E-state index in [0.29, 0.717) is 22.0 Å². The fourth-order valence-electron chi connectivity index (χ4n) is 4.19. The van der Waals surface area contributed by atoms with Gasteiger partial charge < -0.3 is 15.5 Å². The van der Waals surface area contributed by atoms with E-state index >= 15 is 0 Å². The van der Waals surface area contributed by atoms with Crippen LogP contribution in [0, 0.1) is 12.8 Å². The number of carbonyl (C=O) groups is 2. The lowest BCUT2D eigenvalue weighted by molar-refractivity contribution is -0.124. The molecule has 0 spiro atoms. The van der Waals surface area contributed by atoms with Crippen molar-refractivity contribution in [2.75, 3.05) is 30.4 Å². The minimum absolute atomic E-state index is 0.0205. The first-order valence-electron chi connectivity index (χ1n) is 11.1. The number of amides is 2. The largest absolute Gasteiger partial charge is 0.359 e. The Morgan fingerprint density at radius 2 is 2.12 bits per heavy atom. The van der Waals surface area contributed by atoms with Gasteiger partial charge in [-0.05, 0) is 37.3 Å². The SMILES string of the molecule is CCc1cccc(C)c1NC(=O)Cn1cnc2nc(N3CCCC(C(=O)NC)C3)sc2c1=O. The average molecular weight is 469 g/mol. The fraction of sp³-hybridized carbons (Fsp3) is 0.435. The topological polar surface area (TPSA) is 109 Å². The summed E-state index contributed by atoms with van der Waals surface area (Å²) in [5, 5.41) is 6.33. The normalized spacial score (nSPS) is 16.1. The lowest BCUT2D eigenvalue weighted by Gasteiger charge is -2.31. The van der Waals surface area contributed by atoms with Crippen molar-refractivity contribution in [3.05, 3.63) is 46.0 Å². The molecule has 2 aromatic heterocycles. The molecule has 2 N–H and O–H groups in total. The Balaban J connectivity index is 1.54. The lowest BCUT2D eigenvalue weighted by atomic mass is 9.98. The van der Waals surface area contributed by atoms with Crippen molar-refractivity contribution in [3.63, 3.8) is 0 Å². The van der Waals surface area contributed by atoms with Crippen molar-refractivity contribution in [1.29, 1.82) is 0 Å². The Bertz CT molecular complexity index is 1250. The summed E-state index contributed by atoms with van der Waals surface area (Å²) in [5.74, 6) is -0.359. The Labute approximate surface area is 195 Å². The van der Waals surface area contributed by atoms with E-state index in [1.165, 1.54) is 22.2 Å². The average Bonchev–Trinajstić information content (AvgIpc) is 3.27. The third-order valence-corrected chi connectivity index (χ3v) is 7.09. The third kappa shape index (κ3) is 4.75. The number of carbonyl (C=O) groups excluding carboxylic acids is 2. The number of hydrogen-bond acceptors (Lipinski definition) is 7. The smallest absolute Gasteiger partial charge is 0.273 e.